The van der Waals surface area contributed by atoms with Crippen molar-refractivity contribution in [1.29, 1.82) is 0 Å². The Morgan fingerprint density at radius 2 is 1.55 bits per heavy atom. The van der Waals surface area contributed by atoms with Crippen LogP contribution in [0.15, 0.2) is 103 Å². The highest BCUT2D eigenvalue weighted by molar-refractivity contribution is 5.94. The number of benzene rings is 3. The van der Waals surface area contributed by atoms with Crippen LogP contribution < -0.4 is 4.74 Å². The summed E-state index contributed by atoms with van der Waals surface area (Å²) in [4.78, 5) is 32.8. The molecule has 1 aromatic heterocycles. The van der Waals surface area contributed by atoms with Gasteiger partial charge in [-0.05, 0) is 34.7 Å². The summed E-state index contributed by atoms with van der Waals surface area (Å²) in [6.45, 7) is 2.24. The van der Waals surface area contributed by atoms with Crippen LogP contribution in [0.5, 0.6) is 5.88 Å². The van der Waals surface area contributed by atoms with E-state index in [4.69, 9.17) is 14.2 Å². The monoisotopic (exact) mass is 566 g/mol. The van der Waals surface area contributed by atoms with E-state index in [1.165, 1.54) is 13.3 Å². The number of amides is 2. The molecule has 0 aliphatic carbocycles. The minimum atomic E-state index is -1.63. The van der Waals surface area contributed by atoms with Gasteiger partial charge in [0.1, 0.15) is 6.04 Å². The number of aliphatic hydroxyl groups is 1. The van der Waals surface area contributed by atoms with E-state index in [2.05, 4.69) is 4.98 Å². The zero-order valence-corrected chi connectivity index (χ0v) is 23.7. The Morgan fingerprint density at radius 3 is 2.17 bits per heavy atom. The molecular weight excluding hydrogens is 532 g/mol. The van der Waals surface area contributed by atoms with Gasteiger partial charge >= 0.3 is 6.09 Å². The summed E-state index contributed by atoms with van der Waals surface area (Å²) in [5.41, 5.74) is 1.89. The summed E-state index contributed by atoms with van der Waals surface area (Å²) < 4.78 is 17.3. The molecule has 0 bridgehead atoms. The lowest BCUT2D eigenvalue weighted by Crippen LogP contribution is -2.40. The largest absolute Gasteiger partial charge is 0.481 e. The van der Waals surface area contributed by atoms with Crippen molar-refractivity contribution >= 4 is 12.0 Å². The minimum absolute atomic E-state index is 0.103. The lowest BCUT2D eigenvalue weighted by Gasteiger charge is -2.32. The minimum Gasteiger partial charge on any atom is -0.481 e. The van der Waals surface area contributed by atoms with Crippen molar-refractivity contribution in [3.8, 4) is 5.88 Å². The number of hydrogen-bond donors (Lipinski definition) is 1. The molecule has 1 aliphatic rings. The molecule has 0 spiro atoms. The molecule has 1 unspecified atom stereocenters. The van der Waals surface area contributed by atoms with Crippen molar-refractivity contribution in [3.05, 3.63) is 131 Å². The number of cyclic esters (lactones) is 1. The highest BCUT2D eigenvalue weighted by atomic mass is 16.6. The average Bonchev–Trinajstić information content (AvgIpc) is 3.39. The van der Waals surface area contributed by atoms with Crippen LogP contribution in [0.2, 0.25) is 0 Å². The number of methoxy groups -OCH3 is 1. The number of aromatic nitrogens is 1. The van der Waals surface area contributed by atoms with Crippen LogP contribution in [0.3, 0.4) is 0 Å². The first-order valence-corrected chi connectivity index (χ1v) is 13.9. The second kappa shape index (κ2) is 13.0. The van der Waals surface area contributed by atoms with Gasteiger partial charge in [-0.1, -0.05) is 97.9 Å². The third-order valence-electron chi connectivity index (χ3n) is 7.62. The molecule has 3 aromatic carbocycles. The zero-order chi connectivity index (χ0) is 29.5. The third-order valence-corrected chi connectivity index (χ3v) is 7.62. The van der Waals surface area contributed by atoms with Gasteiger partial charge in [-0.25, -0.2) is 14.7 Å². The van der Waals surface area contributed by atoms with E-state index in [9.17, 15) is 14.7 Å². The zero-order valence-electron chi connectivity index (χ0n) is 23.7. The Morgan fingerprint density at radius 1 is 0.929 bits per heavy atom. The molecule has 0 saturated carbocycles. The molecule has 0 radical (unpaired) electrons. The smallest absolute Gasteiger partial charge is 0.417 e. The maximum absolute atomic E-state index is 14.0. The SMILES string of the molecule is CCC(O)(CC(=O)N1C(=O)O[C@@H](c2ccccc2)[C@H]1c1ccccc1)c1ccnc(OC)c1COCc1ccccc1. The van der Waals surface area contributed by atoms with E-state index in [0.717, 1.165) is 21.6 Å². The second-order valence-electron chi connectivity index (χ2n) is 10.2. The lowest BCUT2D eigenvalue weighted by molar-refractivity contribution is -0.135. The quantitative estimate of drug-likeness (QED) is 0.229. The molecule has 1 N–H and O–H groups in total. The van der Waals surface area contributed by atoms with Gasteiger partial charge in [0.15, 0.2) is 6.10 Å². The van der Waals surface area contributed by atoms with Crippen LogP contribution in [0.1, 0.15) is 59.7 Å². The number of ether oxygens (including phenoxy) is 3. The van der Waals surface area contributed by atoms with E-state index in [1.807, 2.05) is 91.0 Å². The maximum Gasteiger partial charge on any atom is 0.417 e. The molecule has 8 nitrogen and oxygen atoms in total. The predicted molar refractivity (Wildman–Crippen MR) is 156 cm³/mol. The van der Waals surface area contributed by atoms with E-state index in [1.54, 1.807) is 13.0 Å². The Balaban J connectivity index is 1.44. The molecule has 5 rings (SSSR count). The van der Waals surface area contributed by atoms with Crippen molar-refractivity contribution < 1.29 is 28.9 Å². The molecule has 1 fully saturated rings. The average molecular weight is 567 g/mol. The van der Waals surface area contributed by atoms with Gasteiger partial charge in [0, 0.05) is 11.8 Å². The van der Waals surface area contributed by atoms with E-state index < -0.39 is 29.7 Å². The summed E-state index contributed by atoms with van der Waals surface area (Å²) >= 11 is 0. The first-order valence-electron chi connectivity index (χ1n) is 13.9. The Labute approximate surface area is 245 Å². The van der Waals surface area contributed by atoms with Gasteiger partial charge in [0.05, 0.1) is 32.3 Å². The van der Waals surface area contributed by atoms with Crippen LogP contribution in [0.25, 0.3) is 0 Å². The number of rotatable bonds is 11. The summed E-state index contributed by atoms with van der Waals surface area (Å²) in [7, 11) is 1.50. The van der Waals surface area contributed by atoms with Gasteiger partial charge < -0.3 is 19.3 Å². The van der Waals surface area contributed by atoms with Gasteiger partial charge in [-0.15, -0.1) is 0 Å². The fraction of sp³-hybridized carbons (Fsp3) is 0.265. The van der Waals surface area contributed by atoms with E-state index in [-0.39, 0.29) is 19.4 Å². The topological polar surface area (TPSA) is 98.2 Å². The molecule has 1 saturated heterocycles. The van der Waals surface area contributed by atoms with Crippen molar-refractivity contribution in [3.63, 3.8) is 0 Å². The molecular formula is C34H34N2O6. The third kappa shape index (κ3) is 6.05. The lowest BCUT2D eigenvalue weighted by atomic mass is 9.84. The van der Waals surface area contributed by atoms with Crippen molar-refractivity contribution in [2.24, 2.45) is 0 Å². The molecule has 4 aromatic rings. The highest BCUT2D eigenvalue weighted by Crippen LogP contribution is 2.45. The first-order chi connectivity index (χ1) is 20.4. The fourth-order valence-electron chi connectivity index (χ4n) is 5.42. The number of imide groups is 1. The van der Waals surface area contributed by atoms with E-state index >= 15 is 0 Å². The standard InChI is InChI=1S/C34H34N2O6/c1-3-34(39,28-19-20-35-32(40-2)27(28)23-41-22-24-13-7-4-8-14-24)21-29(37)36-30(25-15-9-5-10-16-25)31(42-33(36)38)26-17-11-6-12-18-26/h4-20,30-31,39H,3,21-23H2,1-2H3/t30-,31+,34?/m1/s1. The van der Waals surface area contributed by atoms with Gasteiger partial charge in [0.2, 0.25) is 11.8 Å². The molecule has 3 atom stereocenters. The van der Waals surface area contributed by atoms with Gasteiger partial charge in [-0.2, -0.15) is 0 Å². The van der Waals surface area contributed by atoms with Crippen LogP contribution in [0, 0.1) is 0 Å². The van der Waals surface area contributed by atoms with Crippen LogP contribution in [-0.2, 0) is 33.1 Å². The molecule has 42 heavy (non-hydrogen) atoms. The highest BCUT2D eigenvalue weighted by Gasteiger charge is 2.48. The number of nitrogens with zero attached hydrogens (tertiary/aromatic N) is 2. The Kier molecular flexibility index (Phi) is 8.95. The number of carbonyl (C=O) groups is 2. The maximum atomic E-state index is 14.0. The van der Waals surface area contributed by atoms with E-state index in [0.29, 0.717) is 23.6 Å². The van der Waals surface area contributed by atoms with Gasteiger partial charge in [0.25, 0.3) is 0 Å². The van der Waals surface area contributed by atoms with Crippen LogP contribution in [0.4, 0.5) is 4.79 Å². The Hall–Kier alpha value is -4.53. The molecule has 1 aliphatic heterocycles. The molecule has 2 heterocycles. The molecule has 216 valence electrons. The fourth-order valence-corrected chi connectivity index (χ4v) is 5.42. The summed E-state index contributed by atoms with van der Waals surface area (Å²) in [6, 6.07) is 29.4. The van der Waals surface area contributed by atoms with Crippen molar-refractivity contribution in [2.45, 2.75) is 50.7 Å². The summed E-state index contributed by atoms with van der Waals surface area (Å²) in [5.74, 6) is -0.254. The van der Waals surface area contributed by atoms with Gasteiger partial charge in [-0.3, -0.25) is 4.79 Å². The van der Waals surface area contributed by atoms with Crippen molar-refractivity contribution in [1.82, 2.24) is 9.88 Å². The summed E-state index contributed by atoms with van der Waals surface area (Å²) in [5, 5.41) is 12.0. The second-order valence-corrected chi connectivity index (χ2v) is 10.2. The number of hydrogen-bond acceptors (Lipinski definition) is 7. The Bertz CT molecular complexity index is 1500. The normalized spacial score (nSPS) is 17.9. The number of pyridine rings is 1. The predicted octanol–water partition coefficient (Wildman–Crippen LogP) is 6.26. The number of carbonyl (C=O) groups excluding carboxylic acids is 2. The summed E-state index contributed by atoms with van der Waals surface area (Å²) in [6.07, 6.45) is -0.0777. The first kappa shape index (κ1) is 29.0. The van der Waals surface area contributed by atoms with Crippen molar-refractivity contribution in [2.75, 3.05) is 7.11 Å². The molecule has 2 amide bonds. The molecule has 8 heteroatoms. The van der Waals surface area contributed by atoms with Crippen LogP contribution >= 0.6 is 0 Å². The van der Waals surface area contributed by atoms with Crippen LogP contribution in [-0.4, -0.2) is 34.1 Å².